The van der Waals surface area contributed by atoms with E-state index in [0.717, 1.165) is 38.0 Å². The molecule has 0 amide bonds. The molecule has 3 aliphatic carbocycles. The molecule has 5 atom stereocenters. The second-order valence-corrected chi connectivity index (χ2v) is 12.8. The van der Waals surface area contributed by atoms with Gasteiger partial charge in [0.15, 0.2) is 0 Å². The first-order valence-electron chi connectivity index (χ1n) is 15.0. The molecule has 0 radical (unpaired) electrons. The number of benzene rings is 1. The molecule has 0 heteroatoms. The Kier molecular flexibility index (Phi) is 9.35. The van der Waals surface area contributed by atoms with Gasteiger partial charge < -0.3 is 0 Å². The first-order valence-corrected chi connectivity index (χ1v) is 15.0. The summed E-state index contributed by atoms with van der Waals surface area (Å²) in [4.78, 5) is 0. The van der Waals surface area contributed by atoms with Gasteiger partial charge in [-0.1, -0.05) is 118 Å². The summed E-state index contributed by atoms with van der Waals surface area (Å²) in [5.41, 5.74) is 11.6. The van der Waals surface area contributed by atoms with Crippen molar-refractivity contribution in [3.8, 4) is 0 Å². The summed E-state index contributed by atoms with van der Waals surface area (Å²) in [5, 5.41) is 0. The summed E-state index contributed by atoms with van der Waals surface area (Å²) in [7, 11) is 0. The quantitative estimate of drug-likeness (QED) is 0.247. The Labute approximate surface area is 233 Å². The third kappa shape index (κ3) is 6.33. The summed E-state index contributed by atoms with van der Waals surface area (Å²) < 4.78 is 0. The predicted octanol–water partition coefficient (Wildman–Crippen LogP) is 11.2. The highest BCUT2D eigenvalue weighted by Crippen LogP contribution is 2.50. The molecule has 1 unspecified atom stereocenters. The van der Waals surface area contributed by atoms with E-state index < -0.39 is 0 Å². The Bertz CT molecular complexity index is 1160. The Balaban J connectivity index is 1.44. The molecule has 0 saturated heterocycles. The van der Waals surface area contributed by atoms with Crippen molar-refractivity contribution in [1.82, 2.24) is 0 Å². The summed E-state index contributed by atoms with van der Waals surface area (Å²) >= 11 is 0. The monoisotopic (exact) mass is 506 g/mol. The fraction of sp³-hybridized carbons (Fsp3) is 0.474. The normalized spacial score (nSPS) is 24.5. The van der Waals surface area contributed by atoms with Crippen molar-refractivity contribution in [2.75, 3.05) is 0 Å². The van der Waals surface area contributed by atoms with E-state index in [9.17, 15) is 0 Å². The van der Waals surface area contributed by atoms with Gasteiger partial charge in [0.05, 0.1) is 0 Å². The van der Waals surface area contributed by atoms with Crippen LogP contribution in [0.4, 0.5) is 0 Å². The van der Waals surface area contributed by atoms with Crippen LogP contribution in [0.15, 0.2) is 102 Å². The van der Waals surface area contributed by atoms with Crippen LogP contribution >= 0.6 is 0 Å². The van der Waals surface area contributed by atoms with Crippen LogP contribution in [0.2, 0.25) is 0 Å². The van der Waals surface area contributed by atoms with E-state index in [-0.39, 0.29) is 0 Å². The third-order valence-electron chi connectivity index (χ3n) is 9.43. The Morgan fingerprint density at radius 1 is 1.03 bits per heavy atom. The van der Waals surface area contributed by atoms with Crippen LogP contribution < -0.4 is 0 Å². The van der Waals surface area contributed by atoms with Crippen molar-refractivity contribution in [3.63, 3.8) is 0 Å². The zero-order valence-electron chi connectivity index (χ0n) is 24.7. The van der Waals surface area contributed by atoms with Gasteiger partial charge >= 0.3 is 0 Å². The molecule has 4 rings (SSSR count). The molecule has 0 heterocycles. The minimum Gasteiger partial charge on any atom is -0.103 e. The van der Waals surface area contributed by atoms with Crippen LogP contribution in [0.5, 0.6) is 0 Å². The highest BCUT2D eigenvalue weighted by atomic mass is 14.4. The van der Waals surface area contributed by atoms with Gasteiger partial charge in [-0.2, -0.15) is 0 Å². The van der Waals surface area contributed by atoms with Crippen LogP contribution in [0.25, 0.3) is 5.57 Å². The first kappa shape index (κ1) is 28.4. The SMILES string of the molecule is C=CCCC1=CCC([C@H](C(=C)C2C[C@H](C)C[C@H]2C(=C)C[C@@H](C)c2ccc(C3=C(C)C=CC3)cc2)C(C)C)=C1. The second-order valence-electron chi connectivity index (χ2n) is 12.8. The van der Waals surface area contributed by atoms with E-state index in [4.69, 9.17) is 13.2 Å². The van der Waals surface area contributed by atoms with Gasteiger partial charge in [0.25, 0.3) is 0 Å². The maximum Gasteiger partial charge on any atom is 0.00366 e. The number of hydrogen-bond acceptors (Lipinski definition) is 0. The maximum atomic E-state index is 4.82. The molecule has 1 aromatic rings. The van der Waals surface area contributed by atoms with Gasteiger partial charge in [0.1, 0.15) is 0 Å². The molecule has 0 aromatic heterocycles. The molecule has 0 aliphatic heterocycles. The maximum absolute atomic E-state index is 4.82. The van der Waals surface area contributed by atoms with Gasteiger partial charge in [-0.05, 0) is 104 Å². The topological polar surface area (TPSA) is 0 Å². The Morgan fingerprint density at radius 2 is 1.74 bits per heavy atom. The Hall–Kier alpha value is -2.60. The van der Waals surface area contributed by atoms with Gasteiger partial charge in [0, 0.05) is 5.92 Å². The third-order valence-corrected chi connectivity index (χ3v) is 9.43. The highest BCUT2D eigenvalue weighted by molar-refractivity contribution is 5.74. The zero-order chi connectivity index (χ0) is 27.4. The zero-order valence-corrected chi connectivity index (χ0v) is 24.7. The van der Waals surface area contributed by atoms with Crippen molar-refractivity contribution < 1.29 is 0 Å². The molecule has 0 N–H and O–H groups in total. The van der Waals surface area contributed by atoms with Crippen LogP contribution in [0.3, 0.4) is 0 Å². The fourth-order valence-corrected chi connectivity index (χ4v) is 7.38. The molecule has 1 aromatic carbocycles. The van der Waals surface area contributed by atoms with Crippen LogP contribution in [0.1, 0.15) is 96.6 Å². The summed E-state index contributed by atoms with van der Waals surface area (Å²) in [5.74, 6) is 3.34. The molecular weight excluding hydrogens is 456 g/mol. The molecular formula is C38H50. The first-order chi connectivity index (χ1) is 18.2. The predicted molar refractivity (Wildman–Crippen MR) is 168 cm³/mol. The number of rotatable bonds is 12. The molecule has 0 bridgehead atoms. The van der Waals surface area contributed by atoms with Crippen molar-refractivity contribution in [2.45, 2.75) is 85.5 Å². The van der Waals surface area contributed by atoms with E-state index in [2.05, 4.69) is 89.8 Å². The largest absolute Gasteiger partial charge is 0.103 e. The van der Waals surface area contributed by atoms with Crippen LogP contribution in [-0.4, -0.2) is 0 Å². The van der Waals surface area contributed by atoms with Crippen molar-refractivity contribution >= 4 is 5.57 Å². The van der Waals surface area contributed by atoms with E-state index in [0.29, 0.717) is 29.6 Å². The summed E-state index contributed by atoms with van der Waals surface area (Å²) in [6.07, 6.45) is 19.3. The van der Waals surface area contributed by atoms with Gasteiger partial charge in [-0.25, -0.2) is 0 Å². The Morgan fingerprint density at radius 3 is 2.37 bits per heavy atom. The molecule has 3 aliphatic rings. The van der Waals surface area contributed by atoms with Crippen LogP contribution in [0, 0.1) is 29.6 Å². The summed E-state index contributed by atoms with van der Waals surface area (Å²) in [6.45, 7) is 25.2. The second kappa shape index (κ2) is 12.5. The molecule has 0 spiro atoms. The number of allylic oxidation sites excluding steroid dienone is 11. The fourth-order valence-electron chi connectivity index (χ4n) is 7.38. The standard InChI is InChI=1S/C38H50/c1-9-10-13-31-15-16-34(24-31)38(25(2)3)30(8)37-22-26(4)21-36(37)29(7)23-28(6)32-17-19-33(20-18-32)35-14-11-12-27(35)5/h9,11-12,15,17-20,24-26,28,36-38H,1,7-8,10,13-14,16,21-23H2,2-6H3/t26-,28-,36+,37?,38+/m1/s1. The lowest BCUT2D eigenvalue weighted by atomic mass is 9.72. The highest BCUT2D eigenvalue weighted by Gasteiger charge is 2.39. The van der Waals surface area contributed by atoms with Gasteiger partial charge in [-0.15, -0.1) is 6.58 Å². The lowest BCUT2D eigenvalue weighted by Crippen LogP contribution is -2.23. The van der Waals surface area contributed by atoms with E-state index >= 15 is 0 Å². The molecule has 38 heavy (non-hydrogen) atoms. The van der Waals surface area contributed by atoms with E-state index in [1.54, 1.807) is 5.57 Å². The van der Waals surface area contributed by atoms with Crippen molar-refractivity contribution in [1.29, 1.82) is 0 Å². The lowest BCUT2D eigenvalue weighted by Gasteiger charge is -2.33. The smallest absolute Gasteiger partial charge is 0.00366 e. The summed E-state index contributed by atoms with van der Waals surface area (Å²) in [6, 6.07) is 9.33. The van der Waals surface area contributed by atoms with Crippen LogP contribution in [-0.2, 0) is 0 Å². The molecule has 1 fully saturated rings. The minimum absolute atomic E-state index is 0.464. The molecule has 202 valence electrons. The van der Waals surface area contributed by atoms with E-state index in [1.807, 2.05) is 6.08 Å². The number of hydrogen-bond donors (Lipinski definition) is 0. The average Bonchev–Trinajstić information content (AvgIpc) is 3.62. The van der Waals surface area contributed by atoms with Gasteiger partial charge in [-0.3, -0.25) is 0 Å². The minimum atomic E-state index is 0.464. The van der Waals surface area contributed by atoms with Crippen molar-refractivity contribution in [3.05, 3.63) is 113 Å². The average molecular weight is 507 g/mol. The molecule has 0 nitrogen and oxygen atoms in total. The van der Waals surface area contributed by atoms with Gasteiger partial charge in [0.2, 0.25) is 0 Å². The van der Waals surface area contributed by atoms with E-state index in [1.165, 1.54) is 51.8 Å². The lowest BCUT2D eigenvalue weighted by molar-refractivity contribution is 0.398. The van der Waals surface area contributed by atoms with Crippen molar-refractivity contribution in [2.24, 2.45) is 29.6 Å². The molecule has 1 saturated carbocycles.